The van der Waals surface area contributed by atoms with E-state index in [1.807, 2.05) is 12.1 Å². The van der Waals surface area contributed by atoms with E-state index in [0.29, 0.717) is 17.0 Å². The molecule has 1 heterocycles. The molecular weight excluding hydrogens is 254 g/mol. The lowest BCUT2D eigenvalue weighted by molar-refractivity contribution is 0.0697. The van der Waals surface area contributed by atoms with Crippen LogP contribution >= 0.6 is 0 Å². The quantitative estimate of drug-likeness (QED) is 0.772. The Morgan fingerprint density at radius 1 is 1.25 bits per heavy atom. The van der Waals surface area contributed by atoms with E-state index in [1.54, 1.807) is 12.1 Å². The van der Waals surface area contributed by atoms with E-state index in [9.17, 15) is 4.79 Å². The van der Waals surface area contributed by atoms with Crippen LogP contribution < -0.4 is 0 Å². The maximum atomic E-state index is 11.0. The topological polar surface area (TPSA) is 63.3 Å². The summed E-state index contributed by atoms with van der Waals surface area (Å²) in [5.74, 6) is -0.0986. The average molecular weight is 265 g/mol. The van der Waals surface area contributed by atoms with Crippen LogP contribution in [0.5, 0.6) is 0 Å². The Bertz CT molecular complexity index is 835. The van der Waals surface area contributed by atoms with Crippen LogP contribution in [0.15, 0.2) is 46.9 Å². The minimum Gasteiger partial charge on any atom is -0.478 e. The van der Waals surface area contributed by atoms with E-state index in [2.05, 4.69) is 17.1 Å². The van der Waals surface area contributed by atoms with Crippen LogP contribution in [0.25, 0.3) is 11.1 Å². The number of hydrogen-bond acceptors (Lipinski definition) is 3. The highest BCUT2D eigenvalue weighted by Gasteiger charge is 2.31. The highest BCUT2D eigenvalue weighted by molar-refractivity contribution is 5.91. The van der Waals surface area contributed by atoms with Gasteiger partial charge in [0.1, 0.15) is 5.52 Å². The Morgan fingerprint density at radius 2 is 2.10 bits per heavy atom. The van der Waals surface area contributed by atoms with Crippen LogP contribution in [0, 0.1) is 0 Å². The molecule has 0 amide bonds. The summed E-state index contributed by atoms with van der Waals surface area (Å²) >= 11 is 0. The SMILES string of the molecule is O=C(O)c1ccc2oc(C3Cc4ccccc43)nc2c1. The molecule has 0 spiro atoms. The second kappa shape index (κ2) is 3.93. The Kier molecular flexibility index (Phi) is 2.21. The summed E-state index contributed by atoms with van der Waals surface area (Å²) in [6.45, 7) is 0. The van der Waals surface area contributed by atoms with Crippen molar-refractivity contribution >= 4 is 17.1 Å². The highest BCUT2D eigenvalue weighted by atomic mass is 16.4. The number of carboxylic acids is 1. The monoisotopic (exact) mass is 265 g/mol. The first-order valence-electron chi connectivity index (χ1n) is 6.44. The van der Waals surface area contributed by atoms with Crippen molar-refractivity contribution in [1.82, 2.24) is 4.98 Å². The first kappa shape index (κ1) is 11.2. The zero-order chi connectivity index (χ0) is 13.7. The van der Waals surface area contributed by atoms with Crippen LogP contribution in [0.4, 0.5) is 0 Å². The minimum atomic E-state index is -0.953. The smallest absolute Gasteiger partial charge is 0.335 e. The molecule has 4 rings (SSSR count). The lowest BCUT2D eigenvalue weighted by Gasteiger charge is -2.27. The van der Waals surface area contributed by atoms with E-state index in [-0.39, 0.29) is 11.5 Å². The zero-order valence-corrected chi connectivity index (χ0v) is 10.5. The van der Waals surface area contributed by atoms with Crippen LogP contribution in [0.1, 0.15) is 33.3 Å². The summed E-state index contributed by atoms with van der Waals surface area (Å²) in [5.41, 5.74) is 4.04. The molecule has 0 bridgehead atoms. The molecule has 0 radical (unpaired) electrons. The Hall–Kier alpha value is -2.62. The standard InChI is InChI=1S/C16H11NO3/c18-16(19)10-5-6-14-13(8-10)17-15(20-14)12-7-9-3-1-2-4-11(9)12/h1-6,8,12H,7H2,(H,18,19). The van der Waals surface area contributed by atoms with Gasteiger partial charge in [0, 0.05) is 0 Å². The van der Waals surface area contributed by atoms with E-state index in [1.165, 1.54) is 17.2 Å². The molecule has 0 saturated heterocycles. The second-order valence-corrected chi connectivity index (χ2v) is 5.00. The maximum Gasteiger partial charge on any atom is 0.335 e. The van der Waals surface area contributed by atoms with Crippen LogP contribution in [-0.4, -0.2) is 16.1 Å². The largest absolute Gasteiger partial charge is 0.478 e. The van der Waals surface area contributed by atoms with Crippen molar-refractivity contribution in [1.29, 1.82) is 0 Å². The molecule has 1 aromatic heterocycles. The minimum absolute atomic E-state index is 0.187. The molecule has 1 atom stereocenters. The van der Waals surface area contributed by atoms with Gasteiger partial charge in [-0.1, -0.05) is 24.3 Å². The van der Waals surface area contributed by atoms with Gasteiger partial charge in [0.2, 0.25) is 5.89 Å². The lowest BCUT2D eigenvalue weighted by atomic mass is 9.77. The van der Waals surface area contributed by atoms with Gasteiger partial charge in [0.25, 0.3) is 0 Å². The molecule has 2 aromatic carbocycles. The van der Waals surface area contributed by atoms with Gasteiger partial charge in [-0.15, -0.1) is 0 Å². The van der Waals surface area contributed by atoms with Gasteiger partial charge in [-0.2, -0.15) is 0 Å². The number of oxazole rings is 1. The molecule has 1 aliphatic carbocycles. The first-order valence-corrected chi connectivity index (χ1v) is 6.44. The summed E-state index contributed by atoms with van der Waals surface area (Å²) in [5, 5.41) is 8.99. The Labute approximate surface area is 114 Å². The number of carboxylic acid groups (broad SMARTS) is 1. The van der Waals surface area contributed by atoms with Crippen LogP contribution in [0.2, 0.25) is 0 Å². The average Bonchev–Trinajstić information content (AvgIpc) is 2.82. The van der Waals surface area contributed by atoms with Crippen molar-refractivity contribution in [3.63, 3.8) is 0 Å². The first-order chi connectivity index (χ1) is 9.72. The summed E-state index contributed by atoms with van der Waals surface area (Å²) in [6.07, 6.45) is 0.925. The summed E-state index contributed by atoms with van der Waals surface area (Å²) in [4.78, 5) is 15.4. The van der Waals surface area contributed by atoms with Crippen molar-refractivity contribution in [3.8, 4) is 0 Å². The number of nitrogens with zero attached hydrogens (tertiary/aromatic N) is 1. The molecule has 1 aliphatic rings. The van der Waals surface area contributed by atoms with E-state index in [4.69, 9.17) is 9.52 Å². The molecule has 1 unspecified atom stereocenters. The van der Waals surface area contributed by atoms with Gasteiger partial charge in [-0.05, 0) is 35.7 Å². The van der Waals surface area contributed by atoms with Gasteiger partial charge in [-0.25, -0.2) is 9.78 Å². The van der Waals surface area contributed by atoms with Crippen molar-refractivity contribution in [2.75, 3.05) is 0 Å². The van der Waals surface area contributed by atoms with E-state index >= 15 is 0 Å². The fourth-order valence-electron chi connectivity index (χ4n) is 2.71. The number of rotatable bonds is 2. The van der Waals surface area contributed by atoms with E-state index < -0.39 is 5.97 Å². The Morgan fingerprint density at radius 3 is 2.90 bits per heavy atom. The van der Waals surface area contributed by atoms with Crippen molar-refractivity contribution in [2.24, 2.45) is 0 Å². The lowest BCUT2D eigenvalue weighted by Crippen LogP contribution is -2.18. The molecule has 4 nitrogen and oxygen atoms in total. The van der Waals surface area contributed by atoms with Crippen molar-refractivity contribution in [2.45, 2.75) is 12.3 Å². The number of benzene rings is 2. The molecule has 20 heavy (non-hydrogen) atoms. The molecule has 0 saturated carbocycles. The molecule has 4 heteroatoms. The molecule has 1 N–H and O–H groups in total. The predicted octanol–water partition coefficient (Wildman–Crippen LogP) is 3.21. The number of carbonyl (C=O) groups is 1. The summed E-state index contributed by atoms with van der Waals surface area (Å²) < 4.78 is 5.76. The summed E-state index contributed by atoms with van der Waals surface area (Å²) in [6, 6.07) is 13.0. The zero-order valence-electron chi connectivity index (χ0n) is 10.5. The van der Waals surface area contributed by atoms with Gasteiger partial charge >= 0.3 is 5.97 Å². The normalized spacial score (nSPS) is 16.7. The van der Waals surface area contributed by atoms with E-state index in [0.717, 1.165) is 6.42 Å². The maximum absolute atomic E-state index is 11.0. The van der Waals surface area contributed by atoms with Crippen LogP contribution in [0.3, 0.4) is 0 Å². The van der Waals surface area contributed by atoms with Gasteiger partial charge in [0.05, 0.1) is 11.5 Å². The fourth-order valence-corrected chi connectivity index (χ4v) is 2.71. The number of aromatic carboxylic acids is 1. The molecule has 0 fully saturated rings. The number of aromatic nitrogens is 1. The van der Waals surface area contributed by atoms with Crippen LogP contribution in [-0.2, 0) is 6.42 Å². The number of fused-ring (bicyclic) bond motifs is 2. The van der Waals surface area contributed by atoms with Gasteiger partial charge in [-0.3, -0.25) is 0 Å². The van der Waals surface area contributed by atoms with Gasteiger partial charge in [0.15, 0.2) is 5.58 Å². The molecular formula is C16H11NO3. The molecule has 0 aliphatic heterocycles. The summed E-state index contributed by atoms with van der Waals surface area (Å²) in [7, 11) is 0. The third-order valence-corrected chi connectivity index (χ3v) is 3.80. The fraction of sp³-hybridized carbons (Fsp3) is 0.125. The molecule has 3 aromatic rings. The second-order valence-electron chi connectivity index (χ2n) is 5.00. The van der Waals surface area contributed by atoms with Crippen molar-refractivity contribution < 1.29 is 14.3 Å². The highest BCUT2D eigenvalue weighted by Crippen LogP contribution is 2.40. The Balaban J connectivity index is 1.77. The number of hydrogen-bond donors (Lipinski definition) is 1. The third kappa shape index (κ3) is 1.54. The van der Waals surface area contributed by atoms with Crippen molar-refractivity contribution in [3.05, 3.63) is 65.0 Å². The predicted molar refractivity (Wildman–Crippen MR) is 73.0 cm³/mol. The van der Waals surface area contributed by atoms with Gasteiger partial charge < -0.3 is 9.52 Å². The third-order valence-electron chi connectivity index (χ3n) is 3.80. The molecule has 98 valence electrons.